The molecule has 0 spiro atoms. The zero-order valence-corrected chi connectivity index (χ0v) is 10.1. The minimum Gasteiger partial charge on any atom is -0.491 e. The van der Waals surface area contributed by atoms with Gasteiger partial charge in [-0.2, -0.15) is 13.2 Å². The first-order valence-corrected chi connectivity index (χ1v) is 5.86. The molecule has 19 heavy (non-hydrogen) atoms. The van der Waals surface area contributed by atoms with E-state index in [1.54, 1.807) is 12.1 Å². The number of benzene rings is 1. The van der Waals surface area contributed by atoms with E-state index in [1.165, 1.54) is 0 Å². The van der Waals surface area contributed by atoms with Gasteiger partial charge < -0.3 is 15.2 Å². The van der Waals surface area contributed by atoms with Gasteiger partial charge in [0, 0.05) is 13.1 Å². The highest BCUT2D eigenvalue weighted by atomic mass is 19.4. The fourth-order valence-corrected chi connectivity index (χ4v) is 1.73. The van der Waals surface area contributed by atoms with Crippen LogP contribution in [0, 0.1) is 0 Å². The first kappa shape index (κ1) is 14.1. The van der Waals surface area contributed by atoms with Gasteiger partial charge in [0.1, 0.15) is 18.5 Å². The van der Waals surface area contributed by atoms with Crippen LogP contribution >= 0.6 is 0 Å². The summed E-state index contributed by atoms with van der Waals surface area (Å²) in [5.41, 5.74) is 6.42. The third-order valence-corrected chi connectivity index (χ3v) is 2.75. The van der Waals surface area contributed by atoms with Crippen molar-refractivity contribution in [1.82, 2.24) is 5.32 Å². The van der Waals surface area contributed by atoms with Crippen LogP contribution in [0.3, 0.4) is 0 Å². The van der Waals surface area contributed by atoms with Crippen LogP contribution in [-0.2, 0) is 11.3 Å². The van der Waals surface area contributed by atoms with Gasteiger partial charge >= 0.3 is 6.18 Å². The Labute approximate surface area is 108 Å². The summed E-state index contributed by atoms with van der Waals surface area (Å²) >= 11 is 0. The van der Waals surface area contributed by atoms with E-state index in [1.807, 2.05) is 12.1 Å². The Bertz CT molecular complexity index is 408. The number of hydrogen-bond donors (Lipinski definition) is 2. The molecule has 2 rings (SSSR count). The van der Waals surface area contributed by atoms with Crippen molar-refractivity contribution < 1.29 is 22.6 Å². The molecule has 0 amide bonds. The Kier molecular flexibility index (Phi) is 4.28. The third-order valence-electron chi connectivity index (χ3n) is 2.75. The highest BCUT2D eigenvalue weighted by Gasteiger charge is 2.45. The monoisotopic (exact) mass is 276 g/mol. The lowest BCUT2D eigenvalue weighted by Crippen LogP contribution is -2.38. The molecule has 0 aromatic heterocycles. The fourth-order valence-electron chi connectivity index (χ4n) is 1.73. The normalized spacial score (nSPS) is 23.6. The number of rotatable bonds is 4. The largest absolute Gasteiger partial charge is 0.491 e. The minimum atomic E-state index is -4.39. The van der Waals surface area contributed by atoms with Gasteiger partial charge in [0.05, 0.1) is 0 Å². The van der Waals surface area contributed by atoms with Crippen LogP contribution in [0.25, 0.3) is 0 Å². The average molecular weight is 276 g/mol. The summed E-state index contributed by atoms with van der Waals surface area (Å²) in [5.74, 6) is 0.580. The molecule has 2 atom stereocenters. The van der Waals surface area contributed by atoms with Gasteiger partial charge in [0.25, 0.3) is 0 Å². The molecule has 0 bridgehead atoms. The molecule has 1 heterocycles. The van der Waals surface area contributed by atoms with Crippen molar-refractivity contribution >= 4 is 0 Å². The highest BCUT2D eigenvalue weighted by molar-refractivity contribution is 5.27. The molecule has 1 aliphatic rings. The Morgan fingerprint density at radius 2 is 2.00 bits per heavy atom. The van der Waals surface area contributed by atoms with Crippen LogP contribution in [-0.4, -0.2) is 31.7 Å². The summed E-state index contributed by atoms with van der Waals surface area (Å²) in [7, 11) is 0. The van der Waals surface area contributed by atoms with Gasteiger partial charge in [-0.25, -0.2) is 0 Å². The highest BCUT2D eigenvalue weighted by Crippen LogP contribution is 2.25. The predicted octanol–water partition coefficient (Wildman–Crippen LogP) is 1.40. The lowest BCUT2D eigenvalue weighted by Gasteiger charge is -2.16. The van der Waals surface area contributed by atoms with Gasteiger partial charge in [-0.15, -0.1) is 0 Å². The quantitative estimate of drug-likeness (QED) is 0.873. The molecule has 1 fully saturated rings. The molecule has 0 saturated carbocycles. The smallest absolute Gasteiger partial charge is 0.428 e. The molecule has 0 unspecified atom stereocenters. The Balaban J connectivity index is 1.80. The molecule has 1 aromatic rings. The summed E-state index contributed by atoms with van der Waals surface area (Å²) in [4.78, 5) is 0. The molecular formula is C12H15F3N2O2. The van der Waals surface area contributed by atoms with Crippen LogP contribution in [0.1, 0.15) is 5.56 Å². The topological polar surface area (TPSA) is 56.5 Å². The van der Waals surface area contributed by atoms with E-state index in [0.29, 0.717) is 12.3 Å². The first-order chi connectivity index (χ1) is 8.99. The van der Waals surface area contributed by atoms with Gasteiger partial charge in [0.15, 0.2) is 0 Å². The number of halogens is 3. The third kappa shape index (κ3) is 3.82. The van der Waals surface area contributed by atoms with Gasteiger partial charge in [-0.3, -0.25) is 5.32 Å². The van der Waals surface area contributed by atoms with Crippen molar-refractivity contribution in [2.75, 3.05) is 13.2 Å². The SMILES string of the molecule is NCc1ccc(OC[C@@H]2CN[C@@H](C(F)(F)F)O2)cc1. The van der Waals surface area contributed by atoms with Gasteiger partial charge in [-0.1, -0.05) is 12.1 Å². The summed E-state index contributed by atoms with van der Waals surface area (Å²) in [6.07, 6.45) is -6.90. The van der Waals surface area contributed by atoms with Crippen molar-refractivity contribution in [2.45, 2.75) is 25.1 Å². The van der Waals surface area contributed by atoms with E-state index in [2.05, 4.69) is 5.32 Å². The molecule has 1 aromatic carbocycles. The Morgan fingerprint density at radius 1 is 1.32 bits per heavy atom. The molecule has 106 valence electrons. The molecule has 0 radical (unpaired) electrons. The molecule has 4 nitrogen and oxygen atoms in total. The zero-order chi connectivity index (χ0) is 13.9. The molecule has 3 N–H and O–H groups in total. The zero-order valence-electron chi connectivity index (χ0n) is 10.1. The second-order valence-electron chi connectivity index (χ2n) is 4.25. The number of hydrogen-bond acceptors (Lipinski definition) is 4. The van der Waals surface area contributed by atoms with Crippen LogP contribution in [0.2, 0.25) is 0 Å². The van der Waals surface area contributed by atoms with E-state index in [-0.39, 0.29) is 13.2 Å². The first-order valence-electron chi connectivity index (χ1n) is 5.86. The number of ether oxygens (including phenoxy) is 2. The lowest BCUT2D eigenvalue weighted by molar-refractivity contribution is -0.221. The van der Waals surface area contributed by atoms with Crippen molar-refractivity contribution in [3.63, 3.8) is 0 Å². The van der Waals surface area contributed by atoms with Crippen molar-refractivity contribution in [3.05, 3.63) is 29.8 Å². The average Bonchev–Trinajstić information content (AvgIpc) is 2.86. The summed E-state index contributed by atoms with van der Waals surface area (Å²) < 4.78 is 47.2. The lowest BCUT2D eigenvalue weighted by atomic mass is 10.2. The standard InChI is InChI=1S/C12H15F3N2O2/c13-12(14,15)11-17-6-10(19-11)7-18-9-3-1-8(5-16)2-4-9/h1-4,10-11,17H,5-7,16H2/t10-,11+/m0/s1. The predicted molar refractivity (Wildman–Crippen MR) is 62.5 cm³/mol. The van der Waals surface area contributed by atoms with E-state index in [4.69, 9.17) is 15.2 Å². The Hall–Kier alpha value is -1.31. The van der Waals surface area contributed by atoms with Gasteiger partial charge in [-0.05, 0) is 17.7 Å². The number of nitrogens with one attached hydrogen (secondary N) is 1. The maximum Gasteiger partial charge on any atom is 0.428 e. The van der Waals surface area contributed by atoms with Crippen molar-refractivity contribution in [1.29, 1.82) is 0 Å². The van der Waals surface area contributed by atoms with Crippen LogP contribution in [0.15, 0.2) is 24.3 Å². The van der Waals surface area contributed by atoms with E-state index >= 15 is 0 Å². The summed E-state index contributed by atoms with van der Waals surface area (Å²) in [6.45, 7) is 0.621. The van der Waals surface area contributed by atoms with Crippen LogP contribution in [0.5, 0.6) is 5.75 Å². The van der Waals surface area contributed by atoms with E-state index < -0.39 is 18.5 Å². The van der Waals surface area contributed by atoms with Gasteiger partial charge in [0.2, 0.25) is 6.23 Å². The molecular weight excluding hydrogens is 261 g/mol. The van der Waals surface area contributed by atoms with Crippen molar-refractivity contribution in [2.24, 2.45) is 5.73 Å². The molecule has 1 saturated heterocycles. The van der Waals surface area contributed by atoms with E-state index in [9.17, 15) is 13.2 Å². The molecule has 7 heteroatoms. The second kappa shape index (κ2) is 5.77. The minimum absolute atomic E-state index is 0.0710. The van der Waals surface area contributed by atoms with E-state index in [0.717, 1.165) is 5.56 Å². The molecule has 0 aliphatic carbocycles. The summed E-state index contributed by atoms with van der Waals surface area (Å²) in [5, 5.41) is 2.26. The Morgan fingerprint density at radius 3 is 2.53 bits per heavy atom. The van der Waals surface area contributed by atoms with Crippen LogP contribution < -0.4 is 15.8 Å². The summed E-state index contributed by atoms with van der Waals surface area (Å²) in [6, 6.07) is 7.07. The molecule has 1 aliphatic heterocycles. The van der Waals surface area contributed by atoms with Crippen LogP contribution in [0.4, 0.5) is 13.2 Å². The number of nitrogens with two attached hydrogens (primary N) is 1. The van der Waals surface area contributed by atoms with Crippen molar-refractivity contribution in [3.8, 4) is 5.75 Å². The maximum atomic E-state index is 12.3. The second-order valence-corrected chi connectivity index (χ2v) is 4.25. The number of alkyl halides is 3. The maximum absolute atomic E-state index is 12.3. The fraction of sp³-hybridized carbons (Fsp3) is 0.500.